The van der Waals surface area contributed by atoms with Gasteiger partial charge in [-0.15, -0.1) is 10.2 Å². The molecule has 144 valence electrons. The highest BCUT2D eigenvalue weighted by Gasteiger charge is 2.26. The zero-order valence-electron chi connectivity index (χ0n) is 15.6. The third-order valence-electron chi connectivity index (χ3n) is 4.49. The van der Waals surface area contributed by atoms with Gasteiger partial charge >= 0.3 is 0 Å². The first kappa shape index (κ1) is 18.6. The molecule has 4 rings (SSSR count). The third-order valence-corrected chi connectivity index (χ3v) is 5.41. The van der Waals surface area contributed by atoms with Crippen molar-refractivity contribution >= 4 is 17.4 Å². The molecule has 0 saturated heterocycles. The number of phenols is 1. The number of hydrogen-bond acceptors (Lipinski definition) is 7. The second kappa shape index (κ2) is 8.48. The standard InChI is InChI=1S/C21H22N4O2S/c1-2-3-6-12-28-21-23-20-18(24-25-21)16-10-4-5-11-17(16)22-19(27-20)14-8-7-9-15(26)13-14/h4-5,7-11,13,19,22,26H,2-3,6,12H2,1H3/t19-/m1/s1. The molecule has 2 N–H and O–H groups in total. The highest BCUT2D eigenvalue weighted by atomic mass is 32.2. The molecule has 1 aromatic heterocycles. The lowest BCUT2D eigenvalue weighted by Crippen LogP contribution is -2.17. The normalized spacial score (nSPS) is 15.0. The van der Waals surface area contributed by atoms with E-state index in [0.29, 0.717) is 16.7 Å². The number of anilines is 1. The number of phenolic OH excluding ortho intramolecular Hbond substituents is 1. The van der Waals surface area contributed by atoms with Crippen LogP contribution in [-0.2, 0) is 0 Å². The Labute approximate surface area is 168 Å². The summed E-state index contributed by atoms with van der Waals surface area (Å²) in [5, 5.41) is 22.6. The molecule has 3 aromatic rings. The summed E-state index contributed by atoms with van der Waals surface area (Å²) in [6.45, 7) is 2.19. The molecule has 1 atom stereocenters. The van der Waals surface area contributed by atoms with Gasteiger partial charge in [0.25, 0.3) is 0 Å². The second-order valence-electron chi connectivity index (χ2n) is 6.59. The van der Waals surface area contributed by atoms with Crippen molar-refractivity contribution in [1.82, 2.24) is 15.2 Å². The van der Waals surface area contributed by atoms with E-state index in [1.54, 1.807) is 30.0 Å². The Kier molecular flexibility index (Phi) is 5.62. The fourth-order valence-corrected chi connectivity index (χ4v) is 3.84. The van der Waals surface area contributed by atoms with Crippen molar-refractivity contribution in [3.63, 3.8) is 0 Å². The Morgan fingerprint density at radius 1 is 1.11 bits per heavy atom. The van der Waals surface area contributed by atoms with Crippen LogP contribution in [0.25, 0.3) is 11.3 Å². The number of benzene rings is 2. The number of hydrogen-bond donors (Lipinski definition) is 2. The Hall–Kier alpha value is -2.80. The van der Waals surface area contributed by atoms with Crippen LogP contribution in [0.2, 0.25) is 0 Å². The Balaban J connectivity index is 1.69. The molecule has 28 heavy (non-hydrogen) atoms. The van der Waals surface area contributed by atoms with Gasteiger partial charge in [0.05, 0.1) is 0 Å². The molecule has 0 fully saturated rings. The van der Waals surface area contributed by atoms with Crippen molar-refractivity contribution < 1.29 is 9.84 Å². The Bertz CT molecular complexity index is 967. The van der Waals surface area contributed by atoms with E-state index in [0.717, 1.165) is 29.0 Å². The smallest absolute Gasteiger partial charge is 0.247 e. The molecule has 1 aliphatic rings. The van der Waals surface area contributed by atoms with Gasteiger partial charge in [0.1, 0.15) is 5.75 Å². The summed E-state index contributed by atoms with van der Waals surface area (Å²) in [6.07, 6.45) is 3.00. The van der Waals surface area contributed by atoms with Crippen molar-refractivity contribution in [1.29, 1.82) is 0 Å². The lowest BCUT2D eigenvalue weighted by molar-refractivity contribution is 0.225. The molecule has 1 aliphatic heterocycles. The van der Waals surface area contributed by atoms with Crippen LogP contribution in [0.3, 0.4) is 0 Å². The van der Waals surface area contributed by atoms with Gasteiger partial charge in [-0.25, -0.2) is 0 Å². The molecular formula is C21H22N4O2S. The Morgan fingerprint density at radius 3 is 2.86 bits per heavy atom. The summed E-state index contributed by atoms with van der Waals surface area (Å²) in [7, 11) is 0. The summed E-state index contributed by atoms with van der Waals surface area (Å²) in [5.41, 5.74) is 3.19. The maximum absolute atomic E-state index is 9.86. The van der Waals surface area contributed by atoms with Crippen LogP contribution in [0.5, 0.6) is 11.6 Å². The SMILES string of the molecule is CCCCCSc1nnc2c(n1)O[C@H](c1cccc(O)c1)Nc1ccccc1-2. The number of rotatable bonds is 6. The summed E-state index contributed by atoms with van der Waals surface area (Å²) >= 11 is 1.60. The molecule has 0 bridgehead atoms. The topological polar surface area (TPSA) is 80.2 Å². The predicted molar refractivity (Wildman–Crippen MR) is 111 cm³/mol. The van der Waals surface area contributed by atoms with Crippen molar-refractivity contribution in [3.05, 3.63) is 54.1 Å². The third kappa shape index (κ3) is 4.04. The minimum atomic E-state index is -0.496. The van der Waals surface area contributed by atoms with E-state index in [1.165, 1.54) is 12.8 Å². The molecule has 2 heterocycles. The number of nitrogens with zero attached hydrogens (tertiary/aromatic N) is 3. The van der Waals surface area contributed by atoms with Gasteiger partial charge < -0.3 is 15.2 Å². The van der Waals surface area contributed by atoms with Gasteiger partial charge in [0, 0.05) is 22.6 Å². The summed E-state index contributed by atoms with van der Waals surface area (Å²) in [5.74, 6) is 1.59. The zero-order valence-corrected chi connectivity index (χ0v) is 16.4. The molecule has 0 spiro atoms. The molecule has 2 aromatic carbocycles. The number of unbranched alkanes of at least 4 members (excludes halogenated alkanes) is 2. The van der Waals surface area contributed by atoms with Crippen molar-refractivity contribution in [2.75, 3.05) is 11.1 Å². The molecular weight excluding hydrogens is 372 g/mol. The van der Waals surface area contributed by atoms with E-state index in [1.807, 2.05) is 30.3 Å². The first-order valence-corrected chi connectivity index (χ1v) is 10.4. The number of nitrogens with one attached hydrogen (secondary N) is 1. The van der Waals surface area contributed by atoms with Crippen LogP contribution in [0.15, 0.2) is 53.7 Å². The number of ether oxygens (including phenoxy) is 1. The van der Waals surface area contributed by atoms with Gasteiger partial charge in [-0.1, -0.05) is 61.9 Å². The van der Waals surface area contributed by atoms with Crippen molar-refractivity contribution in [2.24, 2.45) is 0 Å². The number of thioether (sulfide) groups is 1. The molecule has 0 amide bonds. The monoisotopic (exact) mass is 394 g/mol. The largest absolute Gasteiger partial charge is 0.508 e. The summed E-state index contributed by atoms with van der Waals surface area (Å²) in [4.78, 5) is 4.63. The quantitative estimate of drug-likeness (QED) is 0.448. The first-order chi connectivity index (χ1) is 13.7. The van der Waals surface area contributed by atoms with E-state index in [-0.39, 0.29) is 5.75 Å². The lowest BCUT2D eigenvalue weighted by Gasteiger charge is -2.19. The van der Waals surface area contributed by atoms with Gasteiger partial charge in [0.15, 0.2) is 11.9 Å². The highest BCUT2D eigenvalue weighted by Crippen LogP contribution is 2.39. The van der Waals surface area contributed by atoms with E-state index in [4.69, 9.17) is 4.74 Å². The molecule has 0 unspecified atom stereocenters. The van der Waals surface area contributed by atoms with E-state index in [9.17, 15) is 5.11 Å². The molecule has 0 saturated carbocycles. The van der Waals surface area contributed by atoms with Crippen LogP contribution in [0.4, 0.5) is 5.69 Å². The van der Waals surface area contributed by atoms with Crippen molar-refractivity contribution in [2.45, 2.75) is 37.6 Å². The number of aromatic hydroxyl groups is 1. The lowest BCUT2D eigenvalue weighted by atomic mass is 10.1. The summed E-state index contributed by atoms with van der Waals surface area (Å²) < 4.78 is 6.20. The Morgan fingerprint density at radius 2 is 2.00 bits per heavy atom. The maximum atomic E-state index is 9.86. The van der Waals surface area contributed by atoms with Gasteiger partial charge in [-0.05, 0) is 24.6 Å². The first-order valence-electron chi connectivity index (χ1n) is 9.43. The average Bonchev–Trinajstić information content (AvgIpc) is 2.88. The van der Waals surface area contributed by atoms with Crippen LogP contribution >= 0.6 is 11.8 Å². The minimum Gasteiger partial charge on any atom is -0.508 e. The van der Waals surface area contributed by atoms with E-state index in [2.05, 4.69) is 27.4 Å². The highest BCUT2D eigenvalue weighted by molar-refractivity contribution is 7.99. The maximum Gasteiger partial charge on any atom is 0.247 e. The molecule has 7 heteroatoms. The zero-order chi connectivity index (χ0) is 19.3. The molecule has 0 aliphatic carbocycles. The van der Waals surface area contributed by atoms with Crippen LogP contribution in [0, 0.1) is 0 Å². The second-order valence-corrected chi connectivity index (χ2v) is 7.65. The van der Waals surface area contributed by atoms with Gasteiger partial charge in [-0.3, -0.25) is 0 Å². The van der Waals surface area contributed by atoms with Crippen molar-refractivity contribution in [3.8, 4) is 22.9 Å². The molecule has 0 radical (unpaired) electrons. The fraction of sp³-hybridized carbons (Fsp3) is 0.286. The number of para-hydroxylation sites is 1. The van der Waals surface area contributed by atoms with Gasteiger partial charge in [-0.2, -0.15) is 4.98 Å². The fourth-order valence-electron chi connectivity index (χ4n) is 3.06. The van der Waals surface area contributed by atoms with Gasteiger partial charge in [0.2, 0.25) is 11.0 Å². The predicted octanol–water partition coefficient (Wildman–Crippen LogP) is 5.03. The van der Waals surface area contributed by atoms with Crippen LogP contribution in [-0.4, -0.2) is 26.0 Å². The average molecular weight is 395 g/mol. The molecule has 6 nitrogen and oxygen atoms in total. The van der Waals surface area contributed by atoms with E-state index >= 15 is 0 Å². The number of fused-ring (bicyclic) bond motifs is 3. The van der Waals surface area contributed by atoms with Crippen LogP contribution < -0.4 is 10.1 Å². The van der Waals surface area contributed by atoms with Crippen LogP contribution in [0.1, 0.15) is 38.0 Å². The van der Waals surface area contributed by atoms with E-state index < -0.39 is 6.23 Å². The summed E-state index contributed by atoms with van der Waals surface area (Å²) in [6, 6.07) is 14.9. The number of aromatic nitrogens is 3. The minimum absolute atomic E-state index is 0.189.